The predicted molar refractivity (Wildman–Crippen MR) is 62.3 cm³/mol. The number of aryl methyl sites for hydroxylation is 1. The van der Waals surface area contributed by atoms with E-state index in [1.807, 2.05) is 0 Å². The second-order valence-electron chi connectivity index (χ2n) is 3.30. The molecule has 0 fully saturated rings. The maximum Gasteiger partial charge on any atom is 0.248 e. The summed E-state index contributed by atoms with van der Waals surface area (Å²) in [6.07, 6.45) is 0. The molecule has 1 amide bonds. The average molecular weight is 250 g/mol. The summed E-state index contributed by atoms with van der Waals surface area (Å²) in [7, 11) is 1.73. The third-order valence-corrected chi connectivity index (χ3v) is 3.20. The van der Waals surface area contributed by atoms with Crippen molar-refractivity contribution in [1.29, 1.82) is 0 Å². The van der Waals surface area contributed by atoms with Gasteiger partial charge < -0.3 is 11.5 Å². The quantitative estimate of drug-likeness (QED) is 0.744. The number of rotatable bonds is 3. The van der Waals surface area contributed by atoms with Crippen LogP contribution in [0.4, 0.5) is 5.69 Å². The first kappa shape index (κ1) is 11.4. The topological polar surface area (TPSA) is 113 Å². The molecular weight excluding hydrogens is 240 g/mol. The van der Waals surface area contributed by atoms with Crippen LogP contribution in [0.3, 0.4) is 0 Å². The summed E-state index contributed by atoms with van der Waals surface area (Å²) in [5, 5.41) is 11.7. The summed E-state index contributed by atoms with van der Waals surface area (Å²) in [6.45, 7) is 0. The highest BCUT2D eigenvalue weighted by atomic mass is 32.2. The van der Waals surface area contributed by atoms with E-state index in [2.05, 4.69) is 15.5 Å². The minimum absolute atomic E-state index is 0.378. The van der Waals surface area contributed by atoms with Crippen molar-refractivity contribution in [3.05, 3.63) is 23.8 Å². The number of amides is 1. The van der Waals surface area contributed by atoms with Crippen molar-refractivity contribution in [2.24, 2.45) is 12.8 Å². The average Bonchev–Trinajstić information content (AvgIpc) is 2.67. The molecule has 0 saturated carbocycles. The highest BCUT2D eigenvalue weighted by Gasteiger charge is 2.09. The molecule has 0 aliphatic rings. The molecule has 4 N–H and O–H groups in total. The van der Waals surface area contributed by atoms with Crippen LogP contribution in [-0.4, -0.2) is 26.1 Å². The van der Waals surface area contributed by atoms with Gasteiger partial charge in [-0.25, -0.2) is 4.68 Å². The van der Waals surface area contributed by atoms with Crippen LogP contribution in [0.15, 0.2) is 28.3 Å². The molecule has 0 radical (unpaired) electrons. The van der Waals surface area contributed by atoms with Crippen molar-refractivity contribution in [3.8, 4) is 0 Å². The summed E-state index contributed by atoms with van der Waals surface area (Å²) in [6, 6.07) is 4.87. The van der Waals surface area contributed by atoms with Crippen LogP contribution in [0.1, 0.15) is 10.4 Å². The van der Waals surface area contributed by atoms with Crippen LogP contribution in [0.5, 0.6) is 0 Å². The van der Waals surface area contributed by atoms with Crippen LogP contribution in [0.2, 0.25) is 0 Å². The van der Waals surface area contributed by atoms with Gasteiger partial charge >= 0.3 is 0 Å². The van der Waals surface area contributed by atoms with Crippen LogP contribution < -0.4 is 11.5 Å². The van der Waals surface area contributed by atoms with Gasteiger partial charge in [0, 0.05) is 23.2 Å². The molecule has 0 unspecified atom stereocenters. The second-order valence-corrected chi connectivity index (χ2v) is 4.31. The van der Waals surface area contributed by atoms with Gasteiger partial charge in [0.1, 0.15) is 0 Å². The van der Waals surface area contributed by atoms with Crippen molar-refractivity contribution < 1.29 is 4.79 Å². The fraction of sp³-hybridized carbons (Fsp3) is 0.111. The zero-order chi connectivity index (χ0) is 12.4. The molecule has 1 heterocycles. The molecule has 2 rings (SSSR count). The minimum atomic E-state index is -0.506. The van der Waals surface area contributed by atoms with Crippen molar-refractivity contribution >= 4 is 23.4 Å². The highest BCUT2D eigenvalue weighted by molar-refractivity contribution is 7.99. The predicted octanol–water partition coefficient (Wildman–Crippen LogP) is 0.0424. The van der Waals surface area contributed by atoms with E-state index < -0.39 is 5.91 Å². The summed E-state index contributed by atoms with van der Waals surface area (Å²) < 4.78 is 1.53. The van der Waals surface area contributed by atoms with Crippen molar-refractivity contribution in [2.45, 2.75) is 10.1 Å². The van der Waals surface area contributed by atoms with Crippen LogP contribution in [0.25, 0.3) is 0 Å². The van der Waals surface area contributed by atoms with Gasteiger partial charge in [-0.15, -0.1) is 5.10 Å². The van der Waals surface area contributed by atoms with Crippen LogP contribution in [0, 0.1) is 0 Å². The number of benzene rings is 1. The van der Waals surface area contributed by atoms with E-state index >= 15 is 0 Å². The molecule has 1 aromatic carbocycles. The first-order valence-electron chi connectivity index (χ1n) is 4.67. The second kappa shape index (κ2) is 4.42. The molecule has 0 aliphatic carbocycles. The maximum absolute atomic E-state index is 11.0. The molecule has 1 aromatic heterocycles. The number of tetrazole rings is 1. The molecule has 0 spiro atoms. The number of nitrogens with zero attached hydrogens (tertiary/aromatic N) is 4. The fourth-order valence-corrected chi connectivity index (χ4v) is 1.96. The Hall–Kier alpha value is -2.09. The van der Waals surface area contributed by atoms with E-state index in [1.54, 1.807) is 19.2 Å². The Balaban J connectivity index is 2.29. The van der Waals surface area contributed by atoms with Gasteiger partial charge in [0.2, 0.25) is 11.1 Å². The highest BCUT2D eigenvalue weighted by Crippen LogP contribution is 2.30. The largest absolute Gasteiger partial charge is 0.398 e. The number of aromatic nitrogens is 4. The molecule has 8 heteroatoms. The van der Waals surface area contributed by atoms with E-state index in [1.165, 1.54) is 22.5 Å². The van der Waals surface area contributed by atoms with Gasteiger partial charge in [-0.1, -0.05) is 0 Å². The third-order valence-electron chi connectivity index (χ3n) is 2.08. The maximum atomic E-state index is 11.0. The Morgan fingerprint density at radius 1 is 1.47 bits per heavy atom. The Morgan fingerprint density at radius 2 is 2.24 bits per heavy atom. The zero-order valence-corrected chi connectivity index (χ0v) is 9.81. The lowest BCUT2D eigenvalue weighted by Gasteiger charge is -2.05. The zero-order valence-electron chi connectivity index (χ0n) is 8.99. The Morgan fingerprint density at radius 3 is 2.76 bits per heavy atom. The van der Waals surface area contributed by atoms with Crippen LogP contribution in [-0.2, 0) is 7.05 Å². The van der Waals surface area contributed by atoms with Gasteiger partial charge in [-0.2, -0.15) is 0 Å². The number of anilines is 1. The molecule has 0 atom stereocenters. The van der Waals surface area contributed by atoms with E-state index in [0.29, 0.717) is 16.4 Å². The van der Waals surface area contributed by atoms with E-state index in [4.69, 9.17) is 11.5 Å². The standard InChI is InChI=1S/C9H10N6OS/c1-15-9(12-13-14-15)17-7-3-2-5(8(11)16)4-6(7)10/h2-4H,10H2,1H3,(H2,11,16). The van der Waals surface area contributed by atoms with Crippen molar-refractivity contribution in [1.82, 2.24) is 20.2 Å². The molecule has 0 aliphatic heterocycles. The summed E-state index contributed by atoms with van der Waals surface area (Å²) >= 11 is 1.32. The Bertz CT molecular complexity index is 566. The van der Waals surface area contributed by atoms with Crippen molar-refractivity contribution in [2.75, 3.05) is 5.73 Å². The number of carbonyl (C=O) groups excluding carboxylic acids is 1. The Labute approximate surface area is 101 Å². The van der Waals surface area contributed by atoms with Gasteiger partial charge in [-0.05, 0) is 40.4 Å². The lowest BCUT2D eigenvalue weighted by Crippen LogP contribution is -2.11. The first-order chi connectivity index (χ1) is 8.08. The summed E-state index contributed by atoms with van der Waals surface area (Å²) in [4.78, 5) is 11.7. The number of nitrogen functional groups attached to an aromatic ring is 1. The number of hydrogen-bond donors (Lipinski definition) is 2. The van der Waals surface area contributed by atoms with E-state index in [0.717, 1.165) is 4.90 Å². The number of nitrogens with two attached hydrogens (primary N) is 2. The lowest BCUT2D eigenvalue weighted by molar-refractivity contribution is 0.100. The summed E-state index contributed by atoms with van der Waals surface area (Å²) in [5.74, 6) is -0.506. The number of hydrogen-bond acceptors (Lipinski definition) is 6. The smallest absolute Gasteiger partial charge is 0.248 e. The molecule has 17 heavy (non-hydrogen) atoms. The molecule has 2 aromatic rings. The minimum Gasteiger partial charge on any atom is -0.398 e. The molecule has 88 valence electrons. The fourth-order valence-electron chi connectivity index (χ4n) is 1.20. The lowest BCUT2D eigenvalue weighted by atomic mass is 10.2. The molecule has 0 bridgehead atoms. The normalized spacial score (nSPS) is 10.4. The van der Waals surface area contributed by atoms with E-state index in [9.17, 15) is 4.79 Å². The molecular formula is C9H10N6OS. The number of carbonyl (C=O) groups is 1. The van der Waals surface area contributed by atoms with Gasteiger partial charge in [-0.3, -0.25) is 4.79 Å². The monoisotopic (exact) mass is 250 g/mol. The Kier molecular flexibility index (Phi) is 2.96. The summed E-state index contributed by atoms with van der Waals surface area (Å²) in [5.41, 5.74) is 11.8. The third kappa shape index (κ3) is 2.36. The van der Waals surface area contributed by atoms with Crippen LogP contribution >= 0.6 is 11.8 Å². The molecule has 7 nitrogen and oxygen atoms in total. The molecule has 0 saturated heterocycles. The van der Waals surface area contributed by atoms with Gasteiger partial charge in [0.15, 0.2) is 0 Å². The van der Waals surface area contributed by atoms with Gasteiger partial charge in [0.25, 0.3) is 0 Å². The SMILES string of the molecule is Cn1nnnc1Sc1ccc(C(N)=O)cc1N. The van der Waals surface area contributed by atoms with Gasteiger partial charge in [0.05, 0.1) is 0 Å². The van der Waals surface area contributed by atoms with E-state index in [-0.39, 0.29) is 0 Å². The number of primary amides is 1. The first-order valence-corrected chi connectivity index (χ1v) is 5.49. The van der Waals surface area contributed by atoms with Crippen molar-refractivity contribution in [3.63, 3.8) is 0 Å².